The summed E-state index contributed by atoms with van der Waals surface area (Å²) in [7, 11) is 0. The lowest BCUT2D eigenvalue weighted by molar-refractivity contribution is 0.0695. The molecule has 1 aliphatic rings. The number of aromatic carboxylic acids is 1. The van der Waals surface area contributed by atoms with E-state index >= 15 is 4.39 Å². The standard InChI is InChI=1S/C25H21FN4O3/c1-14-8-23(27)28-11-22(14)30-13-18(25(32)33)24(31)17-9-19(26)21(10-20(17)30)29-7-6-15-4-2-3-5-16(15)12-29/h2-5,8-11,13H,6-7,12H2,1H3,(H2,27,28)(H,32,33). The van der Waals surface area contributed by atoms with Crippen LogP contribution in [-0.4, -0.2) is 27.2 Å². The number of nitrogens with zero attached hydrogens (tertiary/aromatic N) is 3. The van der Waals surface area contributed by atoms with Crippen LogP contribution in [0.25, 0.3) is 16.6 Å². The summed E-state index contributed by atoms with van der Waals surface area (Å²) < 4.78 is 16.9. The fourth-order valence-electron chi connectivity index (χ4n) is 4.45. The van der Waals surface area contributed by atoms with Gasteiger partial charge in [0.05, 0.1) is 23.1 Å². The first-order chi connectivity index (χ1) is 15.8. The number of carbonyl (C=O) groups is 1. The molecule has 4 aromatic rings. The third kappa shape index (κ3) is 3.49. The van der Waals surface area contributed by atoms with E-state index in [0.29, 0.717) is 35.8 Å². The predicted octanol–water partition coefficient (Wildman–Crippen LogP) is 3.68. The second-order valence-corrected chi connectivity index (χ2v) is 8.20. The number of halogens is 1. The van der Waals surface area contributed by atoms with Gasteiger partial charge in [0.2, 0.25) is 5.43 Å². The van der Waals surface area contributed by atoms with Crippen molar-refractivity contribution in [3.05, 3.63) is 93.2 Å². The van der Waals surface area contributed by atoms with Crippen LogP contribution in [0, 0.1) is 12.7 Å². The number of nitrogens with two attached hydrogens (primary N) is 1. The van der Waals surface area contributed by atoms with Gasteiger partial charge in [-0.1, -0.05) is 24.3 Å². The Bertz CT molecular complexity index is 1500. The SMILES string of the molecule is Cc1cc(N)ncc1-n1cc(C(=O)O)c(=O)c2cc(F)c(N3CCc4ccccc4C3)cc21. The zero-order valence-corrected chi connectivity index (χ0v) is 17.9. The maximum absolute atomic E-state index is 15.3. The van der Waals surface area contributed by atoms with Gasteiger partial charge < -0.3 is 20.3 Å². The minimum atomic E-state index is -1.38. The van der Waals surface area contributed by atoms with Crippen LogP contribution in [0.5, 0.6) is 0 Å². The van der Waals surface area contributed by atoms with Gasteiger partial charge >= 0.3 is 5.97 Å². The van der Waals surface area contributed by atoms with Crippen LogP contribution in [0.1, 0.15) is 27.0 Å². The van der Waals surface area contributed by atoms with Gasteiger partial charge in [-0.2, -0.15) is 0 Å². The summed E-state index contributed by atoms with van der Waals surface area (Å²) >= 11 is 0. The summed E-state index contributed by atoms with van der Waals surface area (Å²) in [5.74, 6) is -1.63. The van der Waals surface area contributed by atoms with Gasteiger partial charge in [0, 0.05) is 24.7 Å². The molecule has 0 spiro atoms. The van der Waals surface area contributed by atoms with E-state index in [4.69, 9.17) is 5.73 Å². The van der Waals surface area contributed by atoms with Gasteiger partial charge in [-0.3, -0.25) is 4.79 Å². The summed E-state index contributed by atoms with van der Waals surface area (Å²) in [6, 6.07) is 12.5. The van der Waals surface area contributed by atoms with Crippen molar-refractivity contribution in [1.82, 2.24) is 9.55 Å². The van der Waals surface area contributed by atoms with Crippen molar-refractivity contribution in [3.63, 3.8) is 0 Å². The van der Waals surface area contributed by atoms with Crippen molar-refractivity contribution in [1.29, 1.82) is 0 Å². The van der Waals surface area contributed by atoms with E-state index in [1.807, 2.05) is 30.0 Å². The number of carboxylic acid groups (broad SMARTS) is 1. The fourth-order valence-corrected chi connectivity index (χ4v) is 4.45. The summed E-state index contributed by atoms with van der Waals surface area (Å²) in [6.45, 7) is 2.97. The Kier molecular flexibility index (Phi) is 4.85. The molecule has 0 saturated heterocycles. The van der Waals surface area contributed by atoms with Gasteiger partial charge in [0.15, 0.2) is 0 Å². The van der Waals surface area contributed by atoms with Crippen LogP contribution in [-0.2, 0) is 13.0 Å². The van der Waals surface area contributed by atoms with E-state index in [9.17, 15) is 14.7 Å². The van der Waals surface area contributed by atoms with Crippen LogP contribution >= 0.6 is 0 Å². The summed E-state index contributed by atoms with van der Waals surface area (Å²) in [4.78, 5) is 30.7. The maximum Gasteiger partial charge on any atom is 0.341 e. The summed E-state index contributed by atoms with van der Waals surface area (Å²) in [5.41, 5.74) is 9.01. The number of pyridine rings is 2. The van der Waals surface area contributed by atoms with E-state index in [0.717, 1.165) is 23.6 Å². The van der Waals surface area contributed by atoms with Crippen molar-refractivity contribution in [2.75, 3.05) is 17.2 Å². The van der Waals surface area contributed by atoms with E-state index in [1.165, 1.54) is 18.0 Å². The Labute approximate surface area is 188 Å². The lowest BCUT2D eigenvalue weighted by Crippen LogP contribution is -2.31. The van der Waals surface area contributed by atoms with Gasteiger partial charge in [-0.05, 0) is 48.2 Å². The molecule has 8 heteroatoms. The maximum atomic E-state index is 15.3. The number of carboxylic acids is 1. The normalized spacial score (nSPS) is 13.2. The molecule has 0 unspecified atom stereocenters. The average molecular weight is 444 g/mol. The molecule has 3 N–H and O–H groups in total. The number of anilines is 2. The zero-order valence-electron chi connectivity index (χ0n) is 17.9. The molecule has 2 aromatic carbocycles. The molecule has 5 rings (SSSR count). The molecule has 166 valence electrons. The molecule has 0 bridgehead atoms. The highest BCUT2D eigenvalue weighted by Gasteiger charge is 2.23. The number of fused-ring (bicyclic) bond motifs is 2. The number of aromatic nitrogens is 2. The minimum absolute atomic E-state index is 0.00946. The van der Waals surface area contributed by atoms with Crippen LogP contribution < -0.4 is 16.1 Å². The number of rotatable bonds is 3. The molecule has 0 atom stereocenters. The van der Waals surface area contributed by atoms with E-state index in [2.05, 4.69) is 11.1 Å². The molecule has 1 aliphatic heterocycles. The average Bonchev–Trinajstić information content (AvgIpc) is 2.79. The van der Waals surface area contributed by atoms with Crippen LogP contribution in [0.3, 0.4) is 0 Å². The molecule has 3 heterocycles. The molecule has 0 radical (unpaired) electrons. The molecule has 0 aliphatic carbocycles. The molecule has 7 nitrogen and oxygen atoms in total. The first-order valence-electron chi connectivity index (χ1n) is 10.5. The number of hydrogen-bond donors (Lipinski definition) is 2. The third-order valence-electron chi connectivity index (χ3n) is 6.14. The third-order valence-corrected chi connectivity index (χ3v) is 6.14. The highest BCUT2D eigenvalue weighted by Crippen LogP contribution is 2.31. The van der Waals surface area contributed by atoms with Gasteiger partial charge in [-0.25, -0.2) is 14.2 Å². The largest absolute Gasteiger partial charge is 0.477 e. The van der Waals surface area contributed by atoms with Crippen LogP contribution in [0.4, 0.5) is 15.9 Å². The van der Waals surface area contributed by atoms with Crippen LogP contribution in [0.2, 0.25) is 0 Å². The molecule has 0 amide bonds. The Hall–Kier alpha value is -4.20. The van der Waals surface area contributed by atoms with Crippen LogP contribution in [0.15, 0.2) is 59.7 Å². The van der Waals surface area contributed by atoms with Crippen molar-refractivity contribution < 1.29 is 14.3 Å². The van der Waals surface area contributed by atoms with Gasteiger partial charge in [-0.15, -0.1) is 0 Å². The second-order valence-electron chi connectivity index (χ2n) is 8.20. The Morgan fingerprint density at radius 1 is 1.15 bits per heavy atom. The van der Waals surface area contributed by atoms with Gasteiger partial charge in [0.1, 0.15) is 17.2 Å². The summed E-state index contributed by atoms with van der Waals surface area (Å²) in [6.07, 6.45) is 3.56. The van der Waals surface area contributed by atoms with E-state index in [-0.39, 0.29) is 5.39 Å². The molecule has 0 saturated carbocycles. The summed E-state index contributed by atoms with van der Waals surface area (Å²) in [5, 5.41) is 9.57. The minimum Gasteiger partial charge on any atom is -0.477 e. The van der Waals surface area contributed by atoms with Crippen molar-refractivity contribution in [2.24, 2.45) is 0 Å². The molecule has 33 heavy (non-hydrogen) atoms. The number of aryl methyl sites for hydroxylation is 1. The van der Waals surface area contributed by atoms with Crippen molar-refractivity contribution >= 4 is 28.4 Å². The Morgan fingerprint density at radius 3 is 2.64 bits per heavy atom. The highest BCUT2D eigenvalue weighted by atomic mass is 19.1. The number of nitrogen functional groups attached to an aromatic ring is 1. The number of hydrogen-bond acceptors (Lipinski definition) is 5. The predicted molar refractivity (Wildman–Crippen MR) is 125 cm³/mol. The van der Waals surface area contributed by atoms with E-state index in [1.54, 1.807) is 16.7 Å². The monoisotopic (exact) mass is 444 g/mol. The molecular weight excluding hydrogens is 423 g/mol. The quantitative estimate of drug-likeness (QED) is 0.500. The first kappa shape index (κ1) is 20.7. The topological polar surface area (TPSA) is 101 Å². The van der Waals surface area contributed by atoms with Crippen molar-refractivity contribution in [2.45, 2.75) is 19.9 Å². The second kappa shape index (κ2) is 7.74. The number of benzene rings is 2. The van der Waals surface area contributed by atoms with Crippen molar-refractivity contribution in [3.8, 4) is 5.69 Å². The first-order valence-corrected chi connectivity index (χ1v) is 10.5. The molecule has 0 fully saturated rings. The lowest BCUT2D eigenvalue weighted by Gasteiger charge is -2.31. The fraction of sp³-hybridized carbons (Fsp3) is 0.160. The Balaban J connectivity index is 1.75. The lowest BCUT2D eigenvalue weighted by atomic mass is 9.99. The molecular formula is C25H21FN4O3. The smallest absolute Gasteiger partial charge is 0.341 e. The van der Waals surface area contributed by atoms with Gasteiger partial charge in [0.25, 0.3) is 0 Å². The highest BCUT2D eigenvalue weighted by molar-refractivity contribution is 5.94. The zero-order chi connectivity index (χ0) is 23.3. The molecule has 2 aromatic heterocycles. The van der Waals surface area contributed by atoms with E-state index < -0.39 is 22.8 Å². The Morgan fingerprint density at radius 2 is 1.91 bits per heavy atom.